The van der Waals surface area contributed by atoms with Gasteiger partial charge in [-0.3, -0.25) is 9.59 Å². The Hall–Kier alpha value is -2.78. The fourth-order valence-electron chi connectivity index (χ4n) is 3.22. The van der Waals surface area contributed by atoms with E-state index in [1.807, 2.05) is 0 Å². The Morgan fingerprint density at radius 3 is 2.27 bits per heavy atom. The van der Waals surface area contributed by atoms with E-state index >= 15 is 0 Å². The molecule has 3 rings (SSSR count). The number of nitrogens with one attached hydrogen (secondary N) is 2. The summed E-state index contributed by atoms with van der Waals surface area (Å²) in [7, 11) is -3.48. The molecule has 1 aliphatic rings. The molecule has 9 heteroatoms. The minimum atomic E-state index is -3.48. The molecule has 1 fully saturated rings. The third-order valence-electron chi connectivity index (χ3n) is 4.90. The van der Waals surface area contributed by atoms with E-state index in [-0.39, 0.29) is 17.1 Å². The van der Waals surface area contributed by atoms with Gasteiger partial charge in [-0.15, -0.1) is 0 Å². The van der Waals surface area contributed by atoms with Crippen LogP contribution in [0.1, 0.15) is 24.8 Å². The number of hydrogen-bond donors (Lipinski definition) is 2. The molecule has 2 aromatic carbocycles. The second-order valence-electron chi connectivity index (χ2n) is 7.05. The van der Waals surface area contributed by atoms with Gasteiger partial charge in [0.15, 0.2) is 0 Å². The highest BCUT2D eigenvalue weighted by Crippen LogP contribution is 2.21. The van der Waals surface area contributed by atoms with Crippen LogP contribution in [0, 0.1) is 5.82 Å². The third kappa shape index (κ3) is 5.43. The lowest BCUT2D eigenvalue weighted by Gasteiger charge is -2.25. The molecule has 0 atom stereocenters. The molecule has 1 heterocycles. The van der Waals surface area contributed by atoms with Crippen molar-refractivity contribution >= 4 is 27.5 Å². The SMILES string of the molecule is O=C(NCCc1ccc(S(=O)(=O)N2CCCCC2)cc1)C(=O)Nc1ccccc1F. The number of para-hydroxylation sites is 1. The van der Waals surface area contributed by atoms with Gasteiger partial charge in [-0.1, -0.05) is 30.7 Å². The van der Waals surface area contributed by atoms with Crippen molar-refractivity contribution in [3.05, 3.63) is 59.9 Å². The van der Waals surface area contributed by atoms with Crippen LogP contribution in [0.15, 0.2) is 53.4 Å². The normalized spacial score (nSPS) is 14.8. The topological polar surface area (TPSA) is 95.6 Å². The molecule has 0 spiro atoms. The molecule has 0 radical (unpaired) electrons. The van der Waals surface area contributed by atoms with Gasteiger partial charge in [-0.05, 0) is 49.1 Å². The van der Waals surface area contributed by atoms with Crippen LogP contribution < -0.4 is 10.6 Å². The highest BCUT2D eigenvalue weighted by Gasteiger charge is 2.25. The molecule has 0 bridgehead atoms. The van der Waals surface area contributed by atoms with Gasteiger partial charge in [0, 0.05) is 19.6 Å². The molecule has 2 amide bonds. The lowest BCUT2D eigenvalue weighted by Crippen LogP contribution is -2.36. The fourth-order valence-corrected chi connectivity index (χ4v) is 4.74. The first kappa shape index (κ1) is 21.9. The maximum atomic E-state index is 13.5. The Bertz CT molecular complexity index is 1000. The van der Waals surface area contributed by atoms with Crippen molar-refractivity contribution in [1.82, 2.24) is 9.62 Å². The first-order chi connectivity index (χ1) is 14.4. The maximum Gasteiger partial charge on any atom is 0.313 e. The number of hydrogen-bond acceptors (Lipinski definition) is 4. The molecule has 7 nitrogen and oxygen atoms in total. The number of anilines is 1. The summed E-state index contributed by atoms with van der Waals surface area (Å²) in [5.41, 5.74) is 0.755. The van der Waals surface area contributed by atoms with Crippen LogP contribution in [-0.2, 0) is 26.0 Å². The summed E-state index contributed by atoms with van der Waals surface area (Å²) in [6, 6.07) is 12.1. The van der Waals surface area contributed by atoms with Gasteiger partial charge in [0.05, 0.1) is 10.6 Å². The Labute approximate surface area is 175 Å². The molecule has 30 heavy (non-hydrogen) atoms. The van der Waals surface area contributed by atoms with Crippen molar-refractivity contribution in [2.24, 2.45) is 0 Å². The fraction of sp³-hybridized carbons (Fsp3) is 0.333. The van der Waals surface area contributed by atoms with Crippen molar-refractivity contribution in [3.8, 4) is 0 Å². The highest BCUT2D eigenvalue weighted by molar-refractivity contribution is 7.89. The second-order valence-corrected chi connectivity index (χ2v) is 8.99. The first-order valence-electron chi connectivity index (χ1n) is 9.81. The predicted molar refractivity (Wildman–Crippen MR) is 111 cm³/mol. The number of nitrogens with zero attached hydrogens (tertiary/aromatic N) is 1. The van der Waals surface area contributed by atoms with Crippen LogP contribution in [0.2, 0.25) is 0 Å². The van der Waals surface area contributed by atoms with Gasteiger partial charge in [0.2, 0.25) is 10.0 Å². The predicted octanol–water partition coefficient (Wildman–Crippen LogP) is 2.30. The summed E-state index contributed by atoms with van der Waals surface area (Å²) >= 11 is 0. The molecular formula is C21H24FN3O4S. The molecule has 1 saturated heterocycles. The van der Waals surface area contributed by atoms with Crippen LogP contribution in [0.25, 0.3) is 0 Å². The highest BCUT2D eigenvalue weighted by atomic mass is 32.2. The molecule has 0 aliphatic carbocycles. The Morgan fingerprint density at radius 2 is 1.60 bits per heavy atom. The van der Waals surface area contributed by atoms with Gasteiger partial charge in [-0.25, -0.2) is 12.8 Å². The van der Waals surface area contributed by atoms with E-state index in [0.29, 0.717) is 19.5 Å². The quantitative estimate of drug-likeness (QED) is 0.684. The van der Waals surface area contributed by atoms with E-state index < -0.39 is 27.7 Å². The van der Waals surface area contributed by atoms with E-state index in [0.717, 1.165) is 24.8 Å². The molecule has 0 saturated carbocycles. The van der Waals surface area contributed by atoms with Crippen molar-refractivity contribution in [3.63, 3.8) is 0 Å². The molecule has 2 N–H and O–H groups in total. The zero-order valence-corrected chi connectivity index (χ0v) is 17.3. The van der Waals surface area contributed by atoms with E-state index in [4.69, 9.17) is 0 Å². The van der Waals surface area contributed by atoms with Crippen molar-refractivity contribution in [2.45, 2.75) is 30.6 Å². The van der Waals surface area contributed by atoms with Crippen LogP contribution >= 0.6 is 0 Å². The van der Waals surface area contributed by atoms with E-state index in [1.165, 1.54) is 22.5 Å². The second kappa shape index (κ2) is 9.82. The lowest BCUT2D eigenvalue weighted by atomic mass is 10.1. The zero-order valence-electron chi connectivity index (χ0n) is 16.4. The average molecular weight is 434 g/mol. The monoisotopic (exact) mass is 433 g/mol. The zero-order chi connectivity index (χ0) is 21.6. The molecule has 1 aliphatic heterocycles. The number of sulfonamides is 1. The molecule has 160 valence electrons. The summed E-state index contributed by atoms with van der Waals surface area (Å²) in [5.74, 6) is -2.45. The summed E-state index contributed by atoms with van der Waals surface area (Å²) in [6.07, 6.45) is 3.22. The molecule has 0 aromatic heterocycles. The van der Waals surface area contributed by atoms with Gasteiger partial charge < -0.3 is 10.6 Å². The minimum Gasteiger partial charge on any atom is -0.347 e. The third-order valence-corrected chi connectivity index (χ3v) is 6.82. The van der Waals surface area contributed by atoms with Crippen molar-refractivity contribution < 1.29 is 22.4 Å². The number of halogens is 1. The smallest absolute Gasteiger partial charge is 0.313 e. The van der Waals surface area contributed by atoms with Gasteiger partial charge in [0.1, 0.15) is 5.82 Å². The van der Waals surface area contributed by atoms with Gasteiger partial charge in [0.25, 0.3) is 0 Å². The first-order valence-corrected chi connectivity index (χ1v) is 11.2. The Balaban J connectivity index is 1.49. The number of carbonyl (C=O) groups is 2. The average Bonchev–Trinajstić information content (AvgIpc) is 2.76. The van der Waals surface area contributed by atoms with Crippen molar-refractivity contribution in [2.75, 3.05) is 25.0 Å². The Kier molecular flexibility index (Phi) is 7.17. The van der Waals surface area contributed by atoms with Crippen LogP contribution in [0.5, 0.6) is 0 Å². The molecule has 0 unspecified atom stereocenters. The molecule has 2 aromatic rings. The van der Waals surface area contributed by atoms with Crippen LogP contribution in [0.4, 0.5) is 10.1 Å². The standard InChI is InChI=1S/C21H24FN3O4S/c22-18-6-2-3-7-19(18)24-21(27)20(26)23-13-12-16-8-10-17(11-9-16)30(28,29)25-14-4-1-5-15-25/h2-3,6-11H,1,4-5,12-15H2,(H,23,26)(H,24,27). The number of benzene rings is 2. The largest absolute Gasteiger partial charge is 0.347 e. The van der Waals surface area contributed by atoms with E-state index in [1.54, 1.807) is 30.3 Å². The summed E-state index contributed by atoms with van der Waals surface area (Å²) < 4.78 is 40.3. The minimum absolute atomic E-state index is 0.0665. The Morgan fingerprint density at radius 1 is 0.933 bits per heavy atom. The summed E-state index contributed by atoms with van der Waals surface area (Å²) in [4.78, 5) is 24.0. The summed E-state index contributed by atoms with van der Waals surface area (Å²) in [6.45, 7) is 1.28. The van der Waals surface area contributed by atoms with E-state index in [9.17, 15) is 22.4 Å². The molecular weight excluding hydrogens is 409 g/mol. The number of piperidine rings is 1. The summed E-state index contributed by atoms with van der Waals surface area (Å²) in [5, 5.41) is 4.68. The van der Waals surface area contributed by atoms with Crippen LogP contribution in [0.3, 0.4) is 0 Å². The lowest BCUT2D eigenvalue weighted by molar-refractivity contribution is -0.136. The number of carbonyl (C=O) groups excluding carboxylic acids is 2. The van der Waals surface area contributed by atoms with Crippen LogP contribution in [-0.4, -0.2) is 44.2 Å². The van der Waals surface area contributed by atoms with Gasteiger partial charge >= 0.3 is 11.8 Å². The number of amides is 2. The maximum absolute atomic E-state index is 13.5. The van der Waals surface area contributed by atoms with Gasteiger partial charge in [-0.2, -0.15) is 4.31 Å². The van der Waals surface area contributed by atoms with Crippen molar-refractivity contribution in [1.29, 1.82) is 0 Å². The number of rotatable bonds is 6. The van der Waals surface area contributed by atoms with E-state index in [2.05, 4.69) is 10.6 Å².